The minimum atomic E-state index is 0.263. The first-order chi connectivity index (χ1) is 9.28. The molecule has 0 saturated carbocycles. The number of phenolic OH excluding ortho intramolecular Hbond substituents is 1. The Labute approximate surface area is 112 Å². The molecule has 0 aliphatic heterocycles. The van der Waals surface area contributed by atoms with Crippen LogP contribution in [0.5, 0.6) is 5.75 Å². The minimum absolute atomic E-state index is 0.263. The number of hydrogen-bond donors (Lipinski definition) is 2. The van der Waals surface area contributed by atoms with E-state index in [1.54, 1.807) is 30.3 Å². The fourth-order valence-corrected chi connectivity index (χ4v) is 1.71. The van der Waals surface area contributed by atoms with Crippen molar-refractivity contribution in [1.29, 1.82) is 0 Å². The van der Waals surface area contributed by atoms with Crippen molar-refractivity contribution < 1.29 is 9.84 Å². The number of aromatic nitrogens is 3. The fourth-order valence-electron chi connectivity index (χ4n) is 1.71. The maximum Gasteiger partial charge on any atom is 0.164 e. The maximum absolute atomic E-state index is 9.40. The molecule has 0 aliphatic rings. The number of nitrogens with zero attached hydrogens (tertiary/aromatic N) is 3. The number of phenols is 1. The fraction of sp³-hybridized carbons (Fsp3) is 0.385. The standard InChI is InChI=1S/C13H18N4O2/c1-19-6-5-14-8-13-15-10-17(16-13)9-11-3-2-4-12(18)7-11/h2-4,7,10,14,18H,5-6,8-9H2,1H3. The molecule has 0 fully saturated rings. The lowest BCUT2D eigenvalue weighted by Gasteiger charge is -2.02. The molecule has 102 valence electrons. The van der Waals surface area contributed by atoms with Gasteiger partial charge in [0, 0.05) is 13.7 Å². The van der Waals surface area contributed by atoms with Crippen molar-refractivity contribution in [2.75, 3.05) is 20.3 Å². The number of aromatic hydroxyl groups is 1. The Morgan fingerprint density at radius 2 is 2.32 bits per heavy atom. The van der Waals surface area contributed by atoms with Crippen molar-refractivity contribution in [3.05, 3.63) is 42.0 Å². The zero-order chi connectivity index (χ0) is 13.5. The van der Waals surface area contributed by atoms with Gasteiger partial charge in [-0.3, -0.25) is 0 Å². The lowest BCUT2D eigenvalue weighted by atomic mass is 10.2. The SMILES string of the molecule is COCCNCc1ncn(Cc2cccc(O)c2)n1. The molecule has 1 aromatic heterocycles. The number of rotatable bonds is 7. The quantitative estimate of drug-likeness (QED) is 0.721. The highest BCUT2D eigenvalue weighted by Crippen LogP contribution is 2.11. The van der Waals surface area contributed by atoms with Crippen molar-refractivity contribution in [3.8, 4) is 5.75 Å². The smallest absolute Gasteiger partial charge is 0.164 e. The van der Waals surface area contributed by atoms with Crippen LogP contribution in [0.3, 0.4) is 0 Å². The molecule has 0 radical (unpaired) electrons. The molecule has 0 aliphatic carbocycles. The first kappa shape index (κ1) is 13.5. The van der Waals surface area contributed by atoms with Crippen LogP contribution in [0.15, 0.2) is 30.6 Å². The zero-order valence-corrected chi connectivity index (χ0v) is 10.9. The Morgan fingerprint density at radius 1 is 1.42 bits per heavy atom. The van der Waals surface area contributed by atoms with Crippen molar-refractivity contribution in [2.45, 2.75) is 13.1 Å². The first-order valence-corrected chi connectivity index (χ1v) is 6.14. The van der Waals surface area contributed by atoms with Gasteiger partial charge in [-0.2, -0.15) is 5.10 Å². The van der Waals surface area contributed by atoms with E-state index in [0.29, 0.717) is 19.7 Å². The summed E-state index contributed by atoms with van der Waals surface area (Å²) in [6.45, 7) is 2.66. The molecule has 0 atom stereocenters. The van der Waals surface area contributed by atoms with Gasteiger partial charge < -0.3 is 15.2 Å². The molecule has 0 saturated heterocycles. The second-order valence-corrected chi connectivity index (χ2v) is 4.20. The number of hydrogen-bond acceptors (Lipinski definition) is 5. The third kappa shape index (κ3) is 4.35. The molecule has 0 bridgehead atoms. The minimum Gasteiger partial charge on any atom is -0.508 e. The molecule has 19 heavy (non-hydrogen) atoms. The molecule has 0 unspecified atom stereocenters. The Hall–Kier alpha value is -1.92. The van der Waals surface area contributed by atoms with Gasteiger partial charge in [-0.15, -0.1) is 0 Å². The van der Waals surface area contributed by atoms with Crippen LogP contribution in [0.4, 0.5) is 0 Å². The summed E-state index contributed by atoms with van der Waals surface area (Å²) in [6, 6.07) is 7.13. The van der Waals surface area contributed by atoms with Gasteiger partial charge in [-0.1, -0.05) is 12.1 Å². The average Bonchev–Trinajstić information content (AvgIpc) is 2.82. The van der Waals surface area contributed by atoms with Crippen LogP contribution >= 0.6 is 0 Å². The Morgan fingerprint density at radius 3 is 3.11 bits per heavy atom. The first-order valence-electron chi connectivity index (χ1n) is 6.14. The second kappa shape index (κ2) is 6.86. The predicted octanol–water partition coefficient (Wildman–Crippen LogP) is 0.768. The van der Waals surface area contributed by atoms with Crippen LogP contribution in [-0.4, -0.2) is 40.1 Å². The van der Waals surface area contributed by atoms with E-state index in [4.69, 9.17) is 4.74 Å². The highest BCUT2D eigenvalue weighted by molar-refractivity contribution is 5.27. The monoisotopic (exact) mass is 262 g/mol. The summed E-state index contributed by atoms with van der Waals surface area (Å²) in [5, 5.41) is 16.9. The van der Waals surface area contributed by atoms with Gasteiger partial charge in [0.05, 0.1) is 19.7 Å². The predicted molar refractivity (Wildman–Crippen MR) is 70.8 cm³/mol. The largest absolute Gasteiger partial charge is 0.508 e. The molecule has 2 N–H and O–H groups in total. The lowest BCUT2D eigenvalue weighted by Crippen LogP contribution is -2.19. The van der Waals surface area contributed by atoms with Gasteiger partial charge in [-0.05, 0) is 17.7 Å². The molecule has 0 amide bonds. The summed E-state index contributed by atoms with van der Waals surface area (Å²) >= 11 is 0. The molecule has 1 heterocycles. The summed E-state index contributed by atoms with van der Waals surface area (Å²) in [5.74, 6) is 1.01. The second-order valence-electron chi connectivity index (χ2n) is 4.20. The molecular weight excluding hydrogens is 244 g/mol. The van der Waals surface area contributed by atoms with Gasteiger partial charge in [0.15, 0.2) is 5.82 Å². The number of ether oxygens (including phenoxy) is 1. The molecule has 1 aromatic carbocycles. The van der Waals surface area contributed by atoms with E-state index in [1.165, 1.54) is 0 Å². The summed E-state index contributed by atoms with van der Waals surface area (Å²) in [6.07, 6.45) is 1.69. The average molecular weight is 262 g/mol. The Kier molecular flexibility index (Phi) is 4.88. The topological polar surface area (TPSA) is 72.2 Å². The Bertz CT molecular complexity index is 513. The molecule has 6 heteroatoms. The van der Waals surface area contributed by atoms with Crippen LogP contribution in [-0.2, 0) is 17.8 Å². The van der Waals surface area contributed by atoms with E-state index in [2.05, 4.69) is 15.4 Å². The number of methoxy groups -OCH3 is 1. The van der Waals surface area contributed by atoms with E-state index in [1.807, 2.05) is 12.1 Å². The third-order valence-corrected chi connectivity index (χ3v) is 2.61. The maximum atomic E-state index is 9.40. The van der Waals surface area contributed by atoms with Crippen molar-refractivity contribution in [2.24, 2.45) is 0 Å². The zero-order valence-electron chi connectivity index (χ0n) is 10.9. The molecule has 0 spiro atoms. The van der Waals surface area contributed by atoms with E-state index < -0.39 is 0 Å². The van der Waals surface area contributed by atoms with E-state index in [0.717, 1.165) is 17.9 Å². The molecule has 2 rings (SSSR count). The van der Waals surface area contributed by atoms with Gasteiger partial charge in [-0.25, -0.2) is 9.67 Å². The van der Waals surface area contributed by atoms with Crippen molar-refractivity contribution in [1.82, 2.24) is 20.1 Å². The van der Waals surface area contributed by atoms with Crippen LogP contribution < -0.4 is 5.32 Å². The van der Waals surface area contributed by atoms with Gasteiger partial charge in [0.1, 0.15) is 12.1 Å². The summed E-state index contributed by atoms with van der Waals surface area (Å²) in [7, 11) is 1.67. The summed E-state index contributed by atoms with van der Waals surface area (Å²) in [4.78, 5) is 4.22. The molecule has 2 aromatic rings. The molecule has 6 nitrogen and oxygen atoms in total. The van der Waals surface area contributed by atoms with E-state index in [-0.39, 0.29) is 5.75 Å². The van der Waals surface area contributed by atoms with Crippen molar-refractivity contribution >= 4 is 0 Å². The molecular formula is C13H18N4O2. The van der Waals surface area contributed by atoms with Gasteiger partial charge >= 0.3 is 0 Å². The van der Waals surface area contributed by atoms with E-state index in [9.17, 15) is 5.11 Å². The van der Waals surface area contributed by atoms with Gasteiger partial charge in [0.25, 0.3) is 0 Å². The van der Waals surface area contributed by atoms with Crippen LogP contribution in [0, 0.1) is 0 Å². The van der Waals surface area contributed by atoms with Crippen LogP contribution in [0.2, 0.25) is 0 Å². The number of benzene rings is 1. The Balaban J connectivity index is 1.87. The third-order valence-electron chi connectivity index (χ3n) is 2.61. The highest BCUT2D eigenvalue weighted by Gasteiger charge is 2.02. The van der Waals surface area contributed by atoms with Gasteiger partial charge in [0.2, 0.25) is 0 Å². The van der Waals surface area contributed by atoms with Crippen LogP contribution in [0.1, 0.15) is 11.4 Å². The van der Waals surface area contributed by atoms with Crippen molar-refractivity contribution in [3.63, 3.8) is 0 Å². The van der Waals surface area contributed by atoms with E-state index >= 15 is 0 Å². The normalized spacial score (nSPS) is 10.8. The lowest BCUT2D eigenvalue weighted by molar-refractivity contribution is 0.199. The summed E-state index contributed by atoms with van der Waals surface area (Å²) in [5.41, 5.74) is 0.990. The number of nitrogens with one attached hydrogen (secondary N) is 1. The highest BCUT2D eigenvalue weighted by atomic mass is 16.5. The van der Waals surface area contributed by atoms with Crippen LogP contribution in [0.25, 0.3) is 0 Å². The summed E-state index contributed by atoms with van der Waals surface area (Å²) < 4.78 is 6.70.